The summed E-state index contributed by atoms with van der Waals surface area (Å²) < 4.78 is 72.0. The normalized spacial score (nSPS) is 11.7. The minimum absolute atomic E-state index is 0.00921. The molecule has 0 fully saturated rings. The molecule has 0 bridgehead atoms. The summed E-state index contributed by atoms with van der Waals surface area (Å²) in [6.45, 7) is 1.72. The summed E-state index contributed by atoms with van der Waals surface area (Å²) in [5.41, 5.74) is -0.00322. The molecule has 0 heterocycles. The molecule has 0 amide bonds. The van der Waals surface area contributed by atoms with Crippen LogP contribution in [-0.4, -0.2) is 27.4 Å². The third kappa shape index (κ3) is 5.12. The van der Waals surface area contributed by atoms with Gasteiger partial charge in [0, 0.05) is 0 Å². The minimum atomic E-state index is -4.88. The first-order valence-corrected chi connectivity index (χ1v) is 8.75. The molecule has 26 heavy (non-hydrogen) atoms. The zero-order valence-corrected chi connectivity index (χ0v) is 14.2. The number of carbonyl (C=O) groups excluding carboxylic acids is 1. The van der Waals surface area contributed by atoms with Crippen LogP contribution in [0, 0.1) is 0 Å². The smallest absolute Gasteiger partial charge is 0.462 e. The number of para-hydroxylation sites is 1. The van der Waals surface area contributed by atoms with Gasteiger partial charge in [-0.25, -0.2) is 13.2 Å². The average Bonchev–Trinajstić information content (AvgIpc) is 2.54. The SMILES string of the molecule is CCOC(=O)c1ccccc1NS(=O)(=O)c1ccc(OC(F)(F)F)cc1. The largest absolute Gasteiger partial charge is 0.573 e. The maximum atomic E-state index is 12.4. The van der Waals surface area contributed by atoms with Crippen molar-refractivity contribution >= 4 is 21.7 Å². The molecule has 2 rings (SSSR count). The lowest BCUT2D eigenvalue weighted by Crippen LogP contribution is -2.18. The molecule has 0 aliphatic carbocycles. The van der Waals surface area contributed by atoms with Crippen LogP contribution in [0.2, 0.25) is 0 Å². The molecule has 0 atom stereocenters. The highest BCUT2D eigenvalue weighted by atomic mass is 32.2. The molecule has 0 unspecified atom stereocenters. The van der Waals surface area contributed by atoms with Crippen molar-refractivity contribution in [2.45, 2.75) is 18.2 Å². The van der Waals surface area contributed by atoms with Gasteiger partial charge in [-0.05, 0) is 43.3 Å². The first-order valence-electron chi connectivity index (χ1n) is 7.27. The Labute approximate surface area is 147 Å². The number of alkyl halides is 3. The fourth-order valence-corrected chi connectivity index (χ4v) is 3.06. The van der Waals surface area contributed by atoms with Crippen LogP contribution in [0.3, 0.4) is 0 Å². The Morgan fingerprint density at radius 1 is 1.08 bits per heavy atom. The van der Waals surface area contributed by atoms with E-state index in [0.717, 1.165) is 24.3 Å². The number of anilines is 1. The predicted molar refractivity (Wildman–Crippen MR) is 86.3 cm³/mol. The molecular formula is C16H14F3NO5S. The monoisotopic (exact) mass is 389 g/mol. The molecule has 2 aromatic rings. The van der Waals surface area contributed by atoms with E-state index in [-0.39, 0.29) is 22.8 Å². The number of ether oxygens (including phenoxy) is 2. The quantitative estimate of drug-likeness (QED) is 0.764. The van der Waals surface area contributed by atoms with Gasteiger partial charge in [0.25, 0.3) is 10.0 Å². The van der Waals surface area contributed by atoms with Gasteiger partial charge in [0.05, 0.1) is 22.8 Å². The summed E-state index contributed by atoms with van der Waals surface area (Å²) in [4.78, 5) is 11.6. The Morgan fingerprint density at radius 2 is 1.69 bits per heavy atom. The number of hydrogen-bond donors (Lipinski definition) is 1. The van der Waals surface area contributed by atoms with Crippen molar-refractivity contribution < 1.29 is 35.9 Å². The molecule has 0 aromatic heterocycles. The topological polar surface area (TPSA) is 81.7 Å². The molecule has 10 heteroatoms. The highest BCUT2D eigenvalue weighted by molar-refractivity contribution is 7.92. The Kier molecular flexibility index (Phi) is 5.76. The van der Waals surface area contributed by atoms with Crippen molar-refractivity contribution in [1.82, 2.24) is 0 Å². The molecule has 6 nitrogen and oxygen atoms in total. The Hall–Kier alpha value is -2.75. The predicted octanol–water partition coefficient (Wildman–Crippen LogP) is 3.56. The first kappa shape index (κ1) is 19.6. The standard InChI is InChI=1S/C16H14F3NO5S/c1-2-24-15(21)13-5-3-4-6-14(13)20-26(22,23)12-9-7-11(8-10-12)25-16(17,18)19/h3-10,20H,2H2,1H3. The van der Waals surface area contributed by atoms with Crippen LogP contribution < -0.4 is 9.46 Å². The van der Waals surface area contributed by atoms with E-state index in [2.05, 4.69) is 9.46 Å². The van der Waals surface area contributed by atoms with Gasteiger partial charge in [-0.3, -0.25) is 4.72 Å². The lowest BCUT2D eigenvalue weighted by molar-refractivity contribution is -0.274. The van der Waals surface area contributed by atoms with E-state index >= 15 is 0 Å². The minimum Gasteiger partial charge on any atom is -0.462 e. The molecule has 140 valence electrons. The van der Waals surface area contributed by atoms with E-state index in [1.54, 1.807) is 6.92 Å². The van der Waals surface area contributed by atoms with Gasteiger partial charge < -0.3 is 9.47 Å². The molecule has 0 saturated heterocycles. The molecular weight excluding hydrogens is 375 g/mol. The highest BCUT2D eigenvalue weighted by Gasteiger charge is 2.31. The van der Waals surface area contributed by atoms with E-state index in [4.69, 9.17) is 4.74 Å². The van der Waals surface area contributed by atoms with Crippen LogP contribution in [0.25, 0.3) is 0 Å². The lowest BCUT2D eigenvalue weighted by atomic mass is 10.2. The van der Waals surface area contributed by atoms with E-state index in [0.29, 0.717) is 0 Å². The van der Waals surface area contributed by atoms with E-state index in [1.807, 2.05) is 0 Å². The van der Waals surface area contributed by atoms with Crippen LogP contribution in [0.5, 0.6) is 5.75 Å². The van der Waals surface area contributed by atoms with Crippen molar-refractivity contribution in [1.29, 1.82) is 0 Å². The van der Waals surface area contributed by atoms with Gasteiger partial charge in [0.2, 0.25) is 0 Å². The summed E-state index contributed by atoms with van der Waals surface area (Å²) in [5, 5.41) is 0. The summed E-state index contributed by atoms with van der Waals surface area (Å²) in [6.07, 6.45) is -4.88. The number of benzene rings is 2. The summed E-state index contributed by atoms with van der Waals surface area (Å²) >= 11 is 0. The van der Waals surface area contributed by atoms with Crippen molar-refractivity contribution in [2.75, 3.05) is 11.3 Å². The number of nitrogens with one attached hydrogen (secondary N) is 1. The van der Waals surface area contributed by atoms with Gasteiger partial charge in [-0.15, -0.1) is 13.2 Å². The van der Waals surface area contributed by atoms with Crippen LogP contribution in [0.15, 0.2) is 53.4 Å². The Morgan fingerprint density at radius 3 is 2.27 bits per heavy atom. The second-order valence-corrected chi connectivity index (χ2v) is 6.57. The van der Waals surface area contributed by atoms with Crippen LogP contribution in [-0.2, 0) is 14.8 Å². The fraction of sp³-hybridized carbons (Fsp3) is 0.188. The van der Waals surface area contributed by atoms with Crippen molar-refractivity contribution in [3.8, 4) is 5.75 Å². The zero-order valence-electron chi connectivity index (χ0n) is 13.4. The van der Waals surface area contributed by atoms with Crippen molar-refractivity contribution in [2.24, 2.45) is 0 Å². The second-order valence-electron chi connectivity index (χ2n) is 4.89. The van der Waals surface area contributed by atoms with Crippen molar-refractivity contribution in [3.05, 3.63) is 54.1 Å². The third-order valence-electron chi connectivity index (χ3n) is 3.03. The number of rotatable bonds is 6. The van der Waals surface area contributed by atoms with E-state index in [1.165, 1.54) is 24.3 Å². The summed E-state index contributed by atoms with van der Waals surface area (Å²) in [6, 6.07) is 9.46. The number of carbonyl (C=O) groups is 1. The van der Waals surface area contributed by atoms with Gasteiger partial charge >= 0.3 is 12.3 Å². The Bertz CT molecular complexity index is 880. The molecule has 0 aliphatic heterocycles. The lowest BCUT2D eigenvalue weighted by Gasteiger charge is -2.13. The molecule has 1 N–H and O–H groups in total. The first-order chi connectivity index (χ1) is 12.1. The number of halogens is 3. The average molecular weight is 389 g/mol. The molecule has 0 aliphatic rings. The van der Waals surface area contributed by atoms with Gasteiger partial charge in [0.15, 0.2) is 0 Å². The maximum absolute atomic E-state index is 12.4. The van der Waals surface area contributed by atoms with E-state index in [9.17, 15) is 26.4 Å². The number of esters is 1. The Balaban J connectivity index is 2.26. The molecule has 0 saturated carbocycles. The second kappa shape index (κ2) is 7.65. The van der Waals surface area contributed by atoms with Crippen LogP contribution in [0.1, 0.15) is 17.3 Å². The maximum Gasteiger partial charge on any atom is 0.573 e. The van der Waals surface area contributed by atoms with Gasteiger partial charge in [-0.2, -0.15) is 0 Å². The van der Waals surface area contributed by atoms with Gasteiger partial charge in [-0.1, -0.05) is 12.1 Å². The fourth-order valence-electron chi connectivity index (χ4n) is 1.98. The molecule has 0 radical (unpaired) electrons. The molecule has 0 spiro atoms. The van der Waals surface area contributed by atoms with Crippen molar-refractivity contribution in [3.63, 3.8) is 0 Å². The van der Waals surface area contributed by atoms with Crippen LogP contribution >= 0.6 is 0 Å². The third-order valence-corrected chi connectivity index (χ3v) is 4.42. The van der Waals surface area contributed by atoms with E-state index < -0.39 is 28.1 Å². The summed E-state index contributed by atoms with van der Waals surface area (Å²) in [5.74, 6) is -1.26. The zero-order chi connectivity index (χ0) is 19.4. The number of hydrogen-bond acceptors (Lipinski definition) is 5. The van der Waals surface area contributed by atoms with Gasteiger partial charge in [0.1, 0.15) is 5.75 Å². The molecule has 2 aromatic carbocycles. The summed E-state index contributed by atoms with van der Waals surface area (Å²) in [7, 11) is -4.14. The number of sulfonamides is 1. The highest BCUT2D eigenvalue weighted by Crippen LogP contribution is 2.25. The van der Waals surface area contributed by atoms with Crippen LogP contribution in [0.4, 0.5) is 18.9 Å².